The Morgan fingerprint density at radius 3 is 2.75 bits per heavy atom. The minimum absolute atomic E-state index is 0.0653. The molecule has 120 valence electrons. The van der Waals surface area contributed by atoms with Gasteiger partial charge in [0.15, 0.2) is 5.82 Å². The molecular formula is C17H9ClF2N2OS. The first-order valence-corrected chi connectivity index (χ1v) is 8.19. The first-order chi connectivity index (χ1) is 11.5. The van der Waals surface area contributed by atoms with Crippen molar-refractivity contribution in [3.63, 3.8) is 0 Å². The topological polar surface area (TPSA) is 35.0 Å². The summed E-state index contributed by atoms with van der Waals surface area (Å²) in [5, 5.41) is 1.20. The Kier molecular flexibility index (Phi) is 3.58. The summed E-state index contributed by atoms with van der Waals surface area (Å²) < 4.78 is 34.3. The molecule has 2 aromatic heterocycles. The predicted octanol–water partition coefficient (Wildman–Crippen LogP) is 5.88. The number of hydrogen-bond acceptors (Lipinski definition) is 4. The Balaban J connectivity index is 1.86. The highest BCUT2D eigenvalue weighted by Crippen LogP contribution is 2.36. The van der Waals surface area contributed by atoms with Crippen molar-refractivity contribution < 1.29 is 13.5 Å². The molecule has 0 aliphatic heterocycles. The van der Waals surface area contributed by atoms with Gasteiger partial charge in [-0.2, -0.15) is 0 Å². The Morgan fingerprint density at radius 2 is 1.92 bits per heavy atom. The fourth-order valence-corrected chi connectivity index (χ4v) is 3.42. The van der Waals surface area contributed by atoms with Crippen LogP contribution in [-0.2, 0) is 0 Å². The van der Waals surface area contributed by atoms with E-state index in [2.05, 4.69) is 9.97 Å². The van der Waals surface area contributed by atoms with Crippen LogP contribution in [0.2, 0.25) is 5.02 Å². The first-order valence-electron chi connectivity index (χ1n) is 7.00. The van der Waals surface area contributed by atoms with Crippen LogP contribution in [0.4, 0.5) is 8.78 Å². The predicted molar refractivity (Wildman–Crippen MR) is 91.1 cm³/mol. The van der Waals surface area contributed by atoms with Crippen molar-refractivity contribution in [3.05, 3.63) is 58.7 Å². The third-order valence-electron chi connectivity index (χ3n) is 3.45. The summed E-state index contributed by atoms with van der Waals surface area (Å²) in [6, 6.07) is 8.97. The lowest BCUT2D eigenvalue weighted by molar-refractivity contribution is 0.484. The molecule has 0 aliphatic rings. The minimum atomic E-state index is -0.727. The average Bonchev–Trinajstić information content (AvgIpc) is 2.90. The lowest BCUT2D eigenvalue weighted by Gasteiger charge is -2.08. The van der Waals surface area contributed by atoms with Gasteiger partial charge >= 0.3 is 0 Å². The highest BCUT2D eigenvalue weighted by molar-refractivity contribution is 7.20. The number of halogens is 3. The van der Waals surface area contributed by atoms with Crippen LogP contribution in [0.5, 0.6) is 10.9 Å². The molecule has 0 bridgehead atoms. The van der Waals surface area contributed by atoms with Gasteiger partial charge in [-0.3, -0.25) is 0 Å². The number of benzene rings is 2. The molecule has 0 spiro atoms. The molecule has 0 N–H and O–H groups in total. The van der Waals surface area contributed by atoms with Crippen molar-refractivity contribution in [1.29, 1.82) is 0 Å². The molecule has 4 rings (SSSR count). The Morgan fingerprint density at radius 1 is 1.08 bits per heavy atom. The number of aryl methyl sites for hydroxylation is 1. The molecule has 0 atom stereocenters. The number of pyridine rings is 1. The number of ether oxygens (including phenoxy) is 1. The average molecular weight is 363 g/mol. The van der Waals surface area contributed by atoms with Crippen LogP contribution in [0.15, 0.2) is 36.4 Å². The molecule has 4 aromatic rings. The van der Waals surface area contributed by atoms with Gasteiger partial charge in [0.2, 0.25) is 0 Å². The van der Waals surface area contributed by atoms with E-state index in [0.717, 1.165) is 10.8 Å². The highest BCUT2D eigenvalue weighted by Gasteiger charge is 2.14. The summed E-state index contributed by atoms with van der Waals surface area (Å²) in [5.41, 5.74) is 1.33. The molecule has 0 unspecified atom stereocenters. The SMILES string of the molecule is Cc1cc(Oc2nc3cc(Cl)ccc3s2)c2cc(F)cc(F)c2n1. The van der Waals surface area contributed by atoms with E-state index >= 15 is 0 Å². The van der Waals surface area contributed by atoms with E-state index in [4.69, 9.17) is 16.3 Å². The van der Waals surface area contributed by atoms with Crippen molar-refractivity contribution >= 4 is 44.1 Å². The largest absolute Gasteiger partial charge is 0.430 e. The van der Waals surface area contributed by atoms with Crippen LogP contribution in [0.3, 0.4) is 0 Å². The molecule has 0 saturated heterocycles. The molecule has 0 aliphatic carbocycles. The van der Waals surface area contributed by atoms with Crippen molar-refractivity contribution in [3.8, 4) is 10.9 Å². The third kappa shape index (κ3) is 2.68. The van der Waals surface area contributed by atoms with Gasteiger partial charge in [0, 0.05) is 28.2 Å². The zero-order chi connectivity index (χ0) is 16.8. The zero-order valence-corrected chi connectivity index (χ0v) is 13.9. The first kappa shape index (κ1) is 15.2. The van der Waals surface area contributed by atoms with Gasteiger partial charge in [-0.1, -0.05) is 22.9 Å². The summed E-state index contributed by atoms with van der Waals surface area (Å²) in [7, 11) is 0. The second-order valence-corrected chi connectivity index (χ2v) is 6.67. The standard InChI is InChI=1S/C17H9ClF2N2OS/c1-8-4-14(11-6-10(19)7-12(20)16(11)21-8)23-17-22-13-5-9(18)2-3-15(13)24-17/h2-7H,1H3. The Hall–Kier alpha value is -2.31. The van der Waals surface area contributed by atoms with Crippen LogP contribution < -0.4 is 4.74 Å². The molecular weight excluding hydrogens is 354 g/mol. The minimum Gasteiger partial charge on any atom is -0.430 e. The van der Waals surface area contributed by atoms with E-state index < -0.39 is 11.6 Å². The summed E-state index contributed by atoms with van der Waals surface area (Å²) in [6.07, 6.45) is 0. The summed E-state index contributed by atoms with van der Waals surface area (Å²) in [6.45, 7) is 1.72. The number of fused-ring (bicyclic) bond motifs is 2. The molecule has 0 radical (unpaired) electrons. The fraction of sp³-hybridized carbons (Fsp3) is 0.0588. The van der Waals surface area contributed by atoms with Crippen molar-refractivity contribution in [1.82, 2.24) is 9.97 Å². The molecule has 24 heavy (non-hydrogen) atoms. The van der Waals surface area contributed by atoms with Crippen molar-refractivity contribution in [2.24, 2.45) is 0 Å². The van der Waals surface area contributed by atoms with Crippen LogP contribution in [-0.4, -0.2) is 9.97 Å². The van der Waals surface area contributed by atoms with E-state index in [1.165, 1.54) is 17.4 Å². The molecule has 3 nitrogen and oxygen atoms in total. The summed E-state index contributed by atoms with van der Waals surface area (Å²) in [5.74, 6) is -1.11. The molecule has 2 aromatic carbocycles. The Bertz CT molecular complexity index is 1100. The second kappa shape index (κ2) is 5.65. The lowest BCUT2D eigenvalue weighted by Crippen LogP contribution is -1.94. The Labute approximate surface area is 144 Å². The van der Waals surface area contributed by atoms with Crippen LogP contribution >= 0.6 is 22.9 Å². The van der Waals surface area contributed by atoms with Gasteiger partial charge < -0.3 is 4.74 Å². The zero-order valence-electron chi connectivity index (χ0n) is 12.3. The number of aromatic nitrogens is 2. The van der Waals surface area contributed by atoms with E-state index in [1.54, 1.807) is 25.1 Å². The van der Waals surface area contributed by atoms with E-state index in [9.17, 15) is 8.78 Å². The number of rotatable bonds is 2. The van der Waals surface area contributed by atoms with Gasteiger partial charge in [0.25, 0.3) is 5.19 Å². The van der Waals surface area contributed by atoms with Gasteiger partial charge in [-0.15, -0.1) is 0 Å². The third-order valence-corrected chi connectivity index (χ3v) is 4.60. The maximum absolute atomic E-state index is 14.0. The van der Waals surface area contributed by atoms with Crippen LogP contribution in [0, 0.1) is 18.6 Å². The molecule has 2 heterocycles. The second-order valence-electron chi connectivity index (χ2n) is 5.24. The number of nitrogens with zero attached hydrogens (tertiary/aromatic N) is 2. The summed E-state index contributed by atoms with van der Waals surface area (Å²) in [4.78, 5) is 8.47. The van der Waals surface area contributed by atoms with Crippen molar-refractivity contribution in [2.45, 2.75) is 6.92 Å². The van der Waals surface area contributed by atoms with E-state index in [0.29, 0.717) is 27.2 Å². The van der Waals surface area contributed by atoms with Gasteiger partial charge in [0.1, 0.15) is 17.1 Å². The van der Waals surface area contributed by atoms with E-state index in [1.807, 2.05) is 6.07 Å². The van der Waals surface area contributed by atoms with Gasteiger partial charge in [0.05, 0.1) is 10.2 Å². The summed E-state index contributed by atoms with van der Waals surface area (Å²) >= 11 is 7.28. The maximum Gasteiger partial charge on any atom is 0.279 e. The van der Waals surface area contributed by atoms with Crippen LogP contribution in [0.1, 0.15) is 5.69 Å². The molecule has 0 fully saturated rings. The van der Waals surface area contributed by atoms with Crippen LogP contribution in [0.25, 0.3) is 21.1 Å². The van der Waals surface area contributed by atoms with Gasteiger partial charge in [-0.25, -0.2) is 18.7 Å². The molecule has 0 amide bonds. The van der Waals surface area contributed by atoms with Gasteiger partial charge in [-0.05, 0) is 31.2 Å². The quantitative estimate of drug-likeness (QED) is 0.447. The lowest BCUT2D eigenvalue weighted by atomic mass is 10.1. The molecule has 0 saturated carbocycles. The molecule has 7 heteroatoms. The van der Waals surface area contributed by atoms with E-state index in [-0.39, 0.29) is 10.9 Å². The fourth-order valence-electron chi connectivity index (χ4n) is 2.45. The number of thiazole rings is 1. The number of hydrogen-bond donors (Lipinski definition) is 0. The monoisotopic (exact) mass is 362 g/mol. The maximum atomic E-state index is 14.0. The van der Waals surface area contributed by atoms with Crippen molar-refractivity contribution in [2.75, 3.05) is 0 Å². The highest BCUT2D eigenvalue weighted by atomic mass is 35.5. The smallest absolute Gasteiger partial charge is 0.279 e. The normalized spacial score (nSPS) is 11.3.